The van der Waals surface area contributed by atoms with Gasteiger partial charge in [-0.05, 0) is 38.1 Å². The van der Waals surface area contributed by atoms with Crippen molar-refractivity contribution in [1.82, 2.24) is 4.90 Å². The van der Waals surface area contributed by atoms with Crippen LogP contribution in [0, 0.1) is 5.92 Å². The fraction of sp³-hybridized carbons (Fsp3) is 0.857. The summed E-state index contributed by atoms with van der Waals surface area (Å²) < 4.78 is 0. The van der Waals surface area contributed by atoms with Gasteiger partial charge in [0.25, 0.3) is 0 Å². The van der Waals surface area contributed by atoms with Gasteiger partial charge in [0.15, 0.2) is 0 Å². The van der Waals surface area contributed by atoms with Gasteiger partial charge >= 0.3 is 5.97 Å². The third kappa shape index (κ3) is 4.82. The number of carboxylic acids is 1. The minimum atomic E-state index is -0.872. The van der Waals surface area contributed by atoms with E-state index in [9.17, 15) is 14.7 Å². The molecule has 0 aromatic rings. The highest BCUT2D eigenvalue weighted by atomic mass is 16.4. The standard InChI is InChI=1S/C14H26N2O3/c1-11-7-6-10-16(13(11)14(18)19)12(17)8-4-2-3-5-9-15/h11,13H,2-10,15H2,1H3,(H,18,19). The first-order valence-electron chi connectivity index (χ1n) is 7.30. The number of unbranched alkanes of at least 4 members (excludes halogenated alkanes) is 3. The number of amides is 1. The smallest absolute Gasteiger partial charge is 0.326 e. The fourth-order valence-corrected chi connectivity index (χ4v) is 2.76. The predicted octanol–water partition coefficient (Wildman–Crippen LogP) is 1.61. The lowest BCUT2D eigenvalue weighted by Gasteiger charge is -2.37. The molecule has 5 nitrogen and oxygen atoms in total. The number of aliphatic carboxylic acids is 1. The van der Waals surface area contributed by atoms with Crippen LogP contribution in [0.15, 0.2) is 0 Å². The largest absolute Gasteiger partial charge is 0.480 e. The van der Waals surface area contributed by atoms with Crippen LogP contribution in [0.5, 0.6) is 0 Å². The molecule has 0 spiro atoms. The molecule has 3 N–H and O–H groups in total. The summed E-state index contributed by atoms with van der Waals surface area (Å²) in [5.41, 5.74) is 5.41. The number of hydrogen-bond donors (Lipinski definition) is 2. The van der Waals surface area contributed by atoms with E-state index in [1.54, 1.807) is 4.90 Å². The predicted molar refractivity (Wildman–Crippen MR) is 73.7 cm³/mol. The summed E-state index contributed by atoms with van der Waals surface area (Å²) in [6.07, 6.45) is 6.11. The van der Waals surface area contributed by atoms with E-state index in [4.69, 9.17) is 5.73 Å². The van der Waals surface area contributed by atoms with Crippen LogP contribution >= 0.6 is 0 Å². The summed E-state index contributed by atoms with van der Waals surface area (Å²) >= 11 is 0. The van der Waals surface area contributed by atoms with E-state index in [1.165, 1.54) is 0 Å². The Morgan fingerprint density at radius 3 is 2.58 bits per heavy atom. The van der Waals surface area contributed by atoms with Crippen LogP contribution in [0.3, 0.4) is 0 Å². The second-order valence-corrected chi connectivity index (χ2v) is 5.44. The van der Waals surface area contributed by atoms with Gasteiger partial charge in [-0.2, -0.15) is 0 Å². The molecule has 5 heteroatoms. The Kier molecular flexibility index (Phi) is 6.84. The van der Waals surface area contributed by atoms with E-state index in [0.29, 0.717) is 19.5 Å². The maximum Gasteiger partial charge on any atom is 0.326 e. The molecule has 0 radical (unpaired) electrons. The van der Waals surface area contributed by atoms with E-state index < -0.39 is 12.0 Å². The van der Waals surface area contributed by atoms with Gasteiger partial charge < -0.3 is 15.7 Å². The van der Waals surface area contributed by atoms with E-state index in [-0.39, 0.29) is 11.8 Å². The van der Waals surface area contributed by atoms with Crippen molar-refractivity contribution in [3.63, 3.8) is 0 Å². The zero-order chi connectivity index (χ0) is 14.3. The number of nitrogens with two attached hydrogens (primary N) is 1. The third-order valence-electron chi connectivity index (χ3n) is 3.85. The Morgan fingerprint density at radius 2 is 1.95 bits per heavy atom. The monoisotopic (exact) mass is 270 g/mol. The summed E-state index contributed by atoms with van der Waals surface area (Å²) in [5.74, 6) is -0.831. The fourth-order valence-electron chi connectivity index (χ4n) is 2.76. The van der Waals surface area contributed by atoms with Crippen LogP contribution in [0.4, 0.5) is 0 Å². The number of likely N-dealkylation sites (tertiary alicyclic amines) is 1. The lowest BCUT2D eigenvalue weighted by molar-refractivity contribution is -0.154. The van der Waals surface area contributed by atoms with Crippen molar-refractivity contribution in [2.75, 3.05) is 13.1 Å². The Hall–Kier alpha value is -1.10. The Bertz CT molecular complexity index is 307. The van der Waals surface area contributed by atoms with Crippen LogP contribution in [0.25, 0.3) is 0 Å². The van der Waals surface area contributed by atoms with E-state index in [1.807, 2.05) is 6.92 Å². The van der Waals surface area contributed by atoms with Gasteiger partial charge in [0.1, 0.15) is 6.04 Å². The first-order chi connectivity index (χ1) is 9.07. The van der Waals surface area contributed by atoms with Crippen molar-refractivity contribution in [2.24, 2.45) is 11.7 Å². The van der Waals surface area contributed by atoms with Crippen molar-refractivity contribution in [2.45, 2.75) is 57.9 Å². The molecule has 1 heterocycles. The summed E-state index contributed by atoms with van der Waals surface area (Å²) in [6.45, 7) is 3.20. The molecule has 0 aromatic carbocycles. The first-order valence-corrected chi connectivity index (χ1v) is 7.30. The van der Waals surface area contributed by atoms with Crippen LogP contribution in [-0.4, -0.2) is 41.0 Å². The number of nitrogens with zero attached hydrogens (tertiary/aromatic N) is 1. The zero-order valence-corrected chi connectivity index (χ0v) is 11.8. The van der Waals surface area contributed by atoms with E-state index in [2.05, 4.69) is 0 Å². The second-order valence-electron chi connectivity index (χ2n) is 5.44. The first kappa shape index (κ1) is 16.0. The quantitative estimate of drug-likeness (QED) is 0.688. The average molecular weight is 270 g/mol. The molecule has 2 unspecified atom stereocenters. The highest BCUT2D eigenvalue weighted by Gasteiger charge is 2.36. The molecule has 2 atom stereocenters. The number of carbonyl (C=O) groups is 2. The molecule has 110 valence electrons. The molecular weight excluding hydrogens is 244 g/mol. The second kappa shape index (κ2) is 8.15. The highest BCUT2D eigenvalue weighted by molar-refractivity contribution is 5.84. The Balaban J connectivity index is 2.42. The zero-order valence-electron chi connectivity index (χ0n) is 11.8. The lowest BCUT2D eigenvalue weighted by atomic mass is 9.90. The van der Waals surface area contributed by atoms with Crippen LogP contribution in [0.1, 0.15) is 51.9 Å². The molecule has 1 aliphatic rings. The molecule has 1 rings (SSSR count). The molecule has 0 aromatic heterocycles. The number of hydrogen-bond acceptors (Lipinski definition) is 3. The van der Waals surface area contributed by atoms with E-state index >= 15 is 0 Å². The minimum Gasteiger partial charge on any atom is -0.480 e. The molecule has 1 saturated heterocycles. The number of carbonyl (C=O) groups excluding carboxylic acids is 1. The molecule has 1 aliphatic heterocycles. The molecule has 0 bridgehead atoms. The molecule has 1 amide bonds. The SMILES string of the molecule is CC1CCCN(C(=O)CCCCCCN)C1C(=O)O. The maximum atomic E-state index is 12.1. The molecule has 0 saturated carbocycles. The highest BCUT2D eigenvalue weighted by Crippen LogP contribution is 2.24. The normalized spacial score (nSPS) is 23.4. The van der Waals surface area contributed by atoms with Gasteiger partial charge in [-0.15, -0.1) is 0 Å². The number of rotatable bonds is 7. The lowest BCUT2D eigenvalue weighted by Crippen LogP contribution is -2.51. The summed E-state index contributed by atoms with van der Waals surface area (Å²) in [7, 11) is 0. The van der Waals surface area contributed by atoms with Gasteiger partial charge in [-0.25, -0.2) is 4.79 Å². The molecular formula is C14H26N2O3. The Labute approximate surface area is 115 Å². The van der Waals surface area contributed by atoms with Gasteiger partial charge in [0, 0.05) is 13.0 Å². The van der Waals surface area contributed by atoms with Gasteiger partial charge in [0.2, 0.25) is 5.91 Å². The topological polar surface area (TPSA) is 83.6 Å². The van der Waals surface area contributed by atoms with Crippen molar-refractivity contribution in [3.05, 3.63) is 0 Å². The Morgan fingerprint density at radius 1 is 1.26 bits per heavy atom. The molecule has 0 aliphatic carbocycles. The van der Waals surface area contributed by atoms with Crippen molar-refractivity contribution >= 4 is 11.9 Å². The van der Waals surface area contributed by atoms with Crippen molar-refractivity contribution < 1.29 is 14.7 Å². The summed E-state index contributed by atoms with van der Waals surface area (Å²) in [6, 6.07) is -0.634. The van der Waals surface area contributed by atoms with E-state index in [0.717, 1.165) is 38.5 Å². The van der Waals surface area contributed by atoms with Crippen molar-refractivity contribution in [3.8, 4) is 0 Å². The van der Waals surface area contributed by atoms with Gasteiger partial charge in [0.05, 0.1) is 0 Å². The maximum absolute atomic E-state index is 12.1. The van der Waals surface area contributed by atoms with Crippen LogP contribution in [0.2, 0.25) is 0 Å². The molecule has 19 heavy (non-hydrogen) atoms. The summed E-state index contributed by atoms with van der Waals surface area (Å²) in [5, 5.41) is 9.26. The number of piperidine rings is 1. The van der Waals surface area contributed by atoms with Crippen LogP contribution < -0.4 is 5.73 Å². The number of carboxylic acid groups (broad SMARTS) is 1. The molecule has 1 fully saturated rings. The van der Waals surface area contributed by atoms with Gasteiger partial charge in [-0.3, -0.25) is 4.79 Å². The summed E-state index contributed by atoms with van der Waals surface area (Å²) in [4.78, 5) is 25.0. The van der Waals surface area contributed by atoms with Crippen molar-refractivity contribution in [1.29, 1.82) is 0 Å². The van der Waals surface area contributed by atoms with Gasteiger partial charge in [-0.1, -0.05) is 19.8 Å². The minimum absolute atomic E-state index is 0.00769. The third-order valence-corrected chi connectivity index (χ3v) is 3.85. The van der Waals surface area contributed by atoms with Crippen LogP contribution in [-0.2, 0) is 9.59 Å². The average Bonchev–Trinajstić information content (AvgIpc) is 2.37.